The van der Waals surface area contributed by atoms with Crippen LogP contribution >= 0.6 is 11.6 Å². The fourth-order valence-electron chi connectivity index (χ4n) is 4.88. The quantitative estimate of drug-likeness (QED) is 0.338. The standard InChI is InChI=1S/C28H25ClN8O3/c1-15-5-4-6-22(17(15)3)36-25-21(13-30-36)27(40)33-28(32-25)37-23(11-16(2)34-37)31-26(39)18-12-24(38)35(14-18)20-9-7-19(29)8-10-20/h4-11,13,18H,12,14H2,1-3H3,(H,31,39)(H,32,33,40). The Kier molecular flexibility index (Phi) is 6.22. The fraction of sp³-hybridized carbons (Fsp3) is 0.214. The van der Waals surface area contributed by atoms with Gasteiger partial charge in [-0.3, -0.25) is 19.4 Å². The molecule has 2 amide bonds. The van der Waals surface area contributed by atoms with Gasteiger partial charge in [0.2, 0.25) is 17.8 Å². The Hall–Kier alpha value is -4.77. The molecule has 11 nitrogen and oxygen atoms in total. The van der Waals surface area contributed by atoms with Crippen LogP contribution in [0.2, 0.25) is 5.02 Å². The second-order valence-electron chi connectivity index (χ2n) is 9.86. The lowest BCUT2D eigenvalue weighted by molar-refractivity contribution is -0.122. The van der Waals surface area contributed by atoms with Crippen molar-refractivity contribution in [3.8, 4) is 11.6 Å². The average molecular weight is 557 g/mol. The van der Waals surface area contributed by atoms with Crippen LogP contribution < -0.4 is 15.8 Å². The van der Waals surface area contributed by atoms with Crippen molar-refractivity contribution in [1.29, 1.82) is 0 Å². The summed E-state index contributed by atoms with van der Waals surface area (Å²) in [5.41, 5.74) is 4.16. The van der Waals surface area contributed by atoms with Crippen LogP contribution in [0.1, 0.15) is 23.2 Å². The number of amides is 2. The molecule has 0 aliphatic carbocycles. The van der Waals surface area contributed by atoms with Crippen molar-refractivity contribution < 1.29 is 9.59 Å². The van der Waals surface area contributed by atoms with E-state index in [1.165, 1.54) is 10.9 Å². The third-order valence-corrected chi connectivity index (χ3v) is 7.40. The lowest BCUT2D eigenvalue weighted by atomic mass is 10.1. The van der Waals surface area contributed by atoms with Gasteiger partial charge in [-0.05, 0) is 62.2 Å². The smallest absolute Gasteiger partial charge is 0.263 e. The van der Waals surface area contributed by atoms with E-state index in [-0.39, 0.29) is 36.3 Å². The Morgan fingerprint density at radius 1 is 1.07 bits per heavy atom. The molecule has 2 aromatic carbocycles. The lowest BCUT2D eigenvalue weighted by Crippen LogP contribution is -2.28. The zero-order valence-electron chi connectivity index (χ0n) is 22.0. The number of hydrogen-bond acceptors (Lipinski definition) is 6. The van der Waals surface area contributed by atoms with Gasteiger partial charge in [-0.25, -0.2) is 4.68 Å². The number of nitrogens with one attached hydrogen (secondary N) is 2. The number of rotatable bonds is 5. The van der Waals surface area contributed by atoms with E-state index in [4.69, 9.17) is 11.6 Å². The van der Waals surface area contributed by atoms with Gasteiger partial charge in [-0.2, -0.15) is 19.9 Å². The van der Waals surface area contributed by atoms with Gasteiger partial charge < -0.3 is 10.2 Å². The van der Waals surface area contributed by atoms with Crippen LogP contribution in [0.15, 0.2) is 59.5 Å². The summed E-state index contributed by atoms with van der Waals surface area (Å²) in [5, 5.41) is 12.7. The topological polar surface area (TPSA) is 131 Å². The molecular formula is C28H25ClN8O3. The molecule has 0 saturated carbocycles. The van der Waals surface area contributed by atoms with E-state index in [0.717, 1.165) is 16.8 Å². The zero-order valence-corrected chi connectivity index (χ0v) is 22.7. The lowest BCUT2D eigenvalue weighted by Gasteiger charge is -2.17. The molecule has 4 heterocycles. The molecule has 6 rings (SSSR count). The highest BCUT2D eigenvalue weighted by Gasteiger charge is 2.35. The van der Waals surface area contributed by atoms with E-state index in [2.05, 4.69) is 25.5 Å². The fourth-order valence-corrected chi connectivity index (χ4v) is 5.01. The molecule has 1 aliphatic rings. The van der Waals surface area contributed by atoms with Gasteiger partial charge in [0.1, 0.15) is 11.2 Å². The number of aryl methyl sites for hydroxylation is 2. The Balaban J connectivity index is 1.31. The maximum Gasteiger partial charge on any atom is 0.263 e. The third kappa shape index (κ3) is 4.43. The molecule has 12 heteroatoms. The molecule has 1 saturated heterocycles. The first-order valence-corrected chi connectivity index (χ1v) is 13.1. The largest absolute Gasteiger partial charge is 0.312 e. The first-order chi connectivity index (χ1) is 19.2. The molecule has 1 fully saturated rings. The van der Waals surface area contributed by atoms with Crippen LogP contribution in [0.3, 0.4) is 0 Å². The van der Waals surface area contributed by atoms with Crippen molar-refractivity contribution in [3.63, 3.8) is 0 Å². The number of aromatic amines is 1. The highest BCUT2D eigenvalue weighted by molar-refractivity contribution is 6.30. The summed E-state index contributed by atoms with van der Waals surface area (Å²) in [6.45, 7) is 5.99. The molecule has 1 unspecified atom stereocenters. The Labute approximate surface area is 233 Å². The van der Waals surface area contributed by atoms with Crippen LogP contribution in [0.25, 0.3) is 22.7 Å². The molecule has 0 bridgehead atoms. The normalized spacial score (nSPS) is 15.2. The van der Waals surface area contributed by atoms with Gasteiger partial charge in [-0.1, -0.05) is 23.7 Å². The molecule has 1 aliphatic heterocycles. The van der Waals surface area contributed by atoms with Crippen molar-refractivity contribution in [2.24, 2.45) is 5.92 Å². The van der Waals surface area contributed by atoms with Crippen LogP contribution in [0, 0.1) is 26.7 Å². The number of aromatic nitrogens is 6. The minimum atomic E-state index is -0.577. The SMILES string of the molecule is Cc1cc(NC(=O)C2CC(=O)N(c3ccc(Cl)cc3)C2)n(-c2nc3c(cnn3-c3cccc(C)c3C)c(=O)[nH]2)n1. The minimum Gasteiger partial charge on any atom is -0.312 e. The van der Waals surface area contributed by atoms with Crippen molar-refractivity contribution in [3.05, 3.63) is 86.9 Å². The Bertz CT molecular complexity index is 1850. The molecule has 40 heavy (non-hydrogen) atoms. The highest BCUT2D eigenvalue weighted by atomic mass is 35.5. The van der Waals surface area contributed by atoms with E-state index in [9.17, 15) is 14.4 Å². The van der Waals surface area contributed by atoms with Gasteiger partial charge in [0.15, 0.2) is 5.65 Å². The van der Waals surface area contributed by atoms with Gasteiger partial charge in [-0.15, -0.1) is 0 Å². The van der Waals surface area contributed by atoms with E-state index >= 15 is 0 Å². The number of nitrogens with zero attached hydrogens (tertiary/aromatic N) is 6. The van der Waals surface area contributed by atoms with E-state index in [1.54, 1.807) is 46.8 Å². The summed E-state index contributed by atoms with van der Waals surface area (Å²) in [6, 6.07) is 14.4. The predicted molar refractivity (Wildman–Crippen MR) is 151 cm³/mol. The first kappa shape index (κ1) is 25.5. The highest BCUT2D eigenvalue weighted by Crippen LogP contribution is 2.28. The second-order valence-corrected chi connectivity index (χ2v) is 10.3. The second kappa shape index (κ2) is 9.76. The van der Waals surface area contributed by atoms with E-state index in [1.807, 2.05) is 32.0 Å². The summed E-state index contributed by atoms with van der Waals surface area (Å²) in [5.74, 6) is -0.622. The number of carbonyl (C=O) groups excluding carboxylic acids is 2. The average Bonchev–Trinajstić information content (AvgIpc) is 3.63. The summed E-state index contributed by atoms with van der Waals surface area (Å²) in [6.07, 6.45) is 1.55. The molecule has 5 aromatic rings. The molecule has 1 atom stereocenters. The number of hydrogen-bond donors (Lipinski definition) is 2. The Morgan fingerprint density at radius 3 is 2.62 bits per heavy atom. The van der Waals surface area contributed by atoms with Gasteiger partial charge in [0.25, 0.3) is 5.56 Å². The summed E-state index contributed by atoms with van der Waals surface area (Å²) in [4.78, 5) is 48.0. The number of H-pyrrole nitrogens is 1. The molecular weight excluding hydrogens is 532 g/mol. The molecule has 2 N–H and O–H groups in total. The van der Waals surface area contributed by atoms with Gasteiger partial charge in [0.05, 0.1) is 23.5 Å². The van der Waals surface area contributed by atoms with Crippen LogP contribution in [-0.4, -0.2) is 47.9 Å². The molecule has 3 aromatic heterocycles. The van der Waals surface area contributed by atoms with Crippen LogP contribution in [0.4, 0.5) is 11.5 Å². The molecule has 0 spiro atoms. The number of halogens is 1. The number of fused-ring (bicyclic) bond motifs is 1. The molecule has 0 radical (unpaired) electrons. The van der Waals surface area contributed by atoms with Crippen molar-refractivity contribution >= 4 is 46.0 Å². The van der Waals surface area contributed by atoms with Crippen molar-refractivity contribution in [1.82, 2.24) is 29.5 Å². The van der Waals surface area contributed by atoms with E-state index < -0.39 is 5.92 Å². The Morgan fingerprint density at radius 2 is 1.85 bits per heavy atom. The van der Waals surface area contributed by atoms with Crippen LogP contribution in [-0.2, 0) is 9.59 Å². The van der Waals surface area contributed by atoms with Gasteiger partial charge >= 0.3 is 0 Å². The van der Waals surface area contributed by atoms with E-state index in [0.29, 0.717) is 33.3 Å². The summed E-state index contributed by atoms with van der Waals surface area (Å²) in [7, 11) is 0. The molecule has 202 valence electrons. The monoisotopic (exact) mass is 556 g/mol. The number of anilines is 2. The first-order valence-electron chi connectivity index (χ1n) is 12.7. The number of carbonyl (C=O) groups is 2. The van der Waals surface area contributed by atoms with Gasteiger partial charge in [0, 0.05) is 29.7 Å². The summed E-state index contributed by atoms with van der Waals surface area (Å²) < 4.78 is 3.00. The number of benzene rings is 2. The van der Waals surface area contributed by atoms with Crippen molar-refractivity contribution in [2.75, 3.05) is 16.8 Å². The third-order valence-electron chi connectivity index (χ3n) is 7.15. The summed E-state index contributed by atoms with van der Waals surface area (Å²) >= 11 is 5.97. The zero-order chi connectivity index (χ0) is 28.1. The maximum atomic E-state index is 13.3. The maximum absolute atomic E-state index is 13.3. The predicted octanol–water partition coefficient (Wildman–Crippen LogP) is 3.86. The van der Waals surface area contributed by atoms with Crippen LogP contribution in [0.5, 0.6) is 0 Å². The van der Waals surface area contributed by atoms with Crippen molar-refractivity contribution in [2.45, 2.75) is 27.2 Å². The minimum absolute atomic E-state index is 0.0671.